The fraction of sp³-hybridized carbons (Fsp3) is 1.00. The monoisotopic (exact) mass is 407 g/mol. The van der Waals surface area contributed by atoms with E-state index in [0.29, 0.717) is 0 Å². The Morgan fingerprint density at radius 1 is 0.556 bits per heavy atom. The molecule has 0 aliphatic carbocycles. The summed E-state index contributed by atoms with van der Waals surface area (Å²) in [4.78, 5) is 0. The van der Waals surface area contributed by atoms with Crippen LogP contribution in [0.5, 0.6) is 0 Å². The van der Waals surface area contributed by atoms with Gasteiger partial charge in [-0.25, -0.2) is 0 Å². The molecule has 0 unspecified atom stereocenters. The molecule has 0 rings (SSSR count). The van der Waals surface area contributed by atoms with Gasteiger partial charge in [0, 0.05) is 18.8 Å². The van der Waals surface area contributed by atoms with Crippen molar-refractivity contribution in [2.24, 2.45) is 0 Å². The zero-order valence-electron chi connectivity index (χ0n) is 18.4. The van der Waals surface area contributed by atoms with E-state index in [-0.39, 0.29) is 31.2 Å². The Balaban J connectivity index is 0. The summed E-state index contributed by atoms with van der Waals surface area (Å²) in [6.07, 6.45) is 23.3. The normalized spacial score (nSPS) is 11.6. The molecule has 0 spiro atoms. The fourth-order valence-electron chi connectivity index (χ4n) is 4.01. The summed E-state index contributed by atoms with van der Waals surface area (Å²) in [6, 6.07) is 0. The Hall–Kier alpha value is 0.170. The lowest BCUT2D eigenvalue weighted by Crippen LogP contribution is -2.44. The van der Waals surface area contributed by atoms with Crippen LogP contribution < -0.4 is 5.32 Å². The van der Waals surface area contributed by atoms with Gasteiger partial charge < -0.3 is 15.5 Å². The van der Waals surface area contributed by atoms with Crippen LogP contribution in [0.4, 0.5) is 0 Å². The van der Waals surface area contributed by atoms with Gasteiger partial charge in [-0.2, -0.15) is 0 Å². The second-order valence-electron chi connectivity index (χ2n) is 8.18. The van der Waals surface area contributed by atoms with Crippen molar-refractivity contribution in [3.8, 4) is 0 Å². The van der Waals surface area contributed by atoms with E-state index in [1.807, 2.05) is 7.05 Å². The Morgan fingerprint density at radius 2 is 0.889 bits per heavy atom. The third kappa shape index (κ3) is 18.0. The summed E-state index contributed by atoms with van der Waals surface area (Å²) in [5, 5.41) is 21.9. The molecule has 0 heterocycles. The van der Waals surface area contributed by atoms with E-state index < -0.39 is 0 Å². The van der Waals surface area contributed by atoms with Gasteiger partial charge in [0.1, 0.15) is 0 Å². The van der Waals surface area contributed by atoms with Crippen LogP contribution in [0.25, 0.3) is 0 Å². The molecule has 0 atom stereocenters. The van der Waals surface area contributed by atoms with Gasteiger partial charge in [-0.05, 0) is 26.3 Å². The molecular formula is C23H50ClNO2. The van der Waals surface area contributed by atoms with Crippen molar-refractivity contribution in [1.29, 1.82) is 0 Å². The first kappa shape index (κ1) is 29.4. The van der Waals surface area contributed by atoms with E-state index in [1.165, 1.54) is 96.3 Å². The average molecular weight is 408 g/mol. The van der Waals surface area contributed by atoms with Crippen LogP contribution in [0, 0.1) is 0 Å². The number of hydrogen-bond donors (Lipinski definition) is 3. The van der Waals surface area contributed by atoms with E-state index in [1.54, 1.807) is 0 Å². The molecule has 3 N–H and O–H groups in total. The first-order chi connectivity index (χ1) is 12.7. The number of aliphatic hydroxyl groups excluding tert-OH is 2. The minimum atomic E-state index is -0.0694. The minimum absolute atomic E-state index is 0. The quantitative estimate of drug-likeness (QED) is 0.193. The average Bonchev–Trinajstić information content (AvgIpc) is 2.65. The van der Waals surface area contributed by atoms with Crippen molar-refractivity contribution in [3.63, 3.8) is 0 Å². The molecular weight excluding hydrogens is 358 g/mol. The molecule has 0 fully saturated rings. The van der Waals surface area contributed by atoms with Gasteiger partial charge >= 0.3 is 0 Å². The molecule has 0 radical (unpaired) electrons. The standard InChI is InChI=1S/C23H49NO2.ClH/c1-3-4-5-6-7-8-9-10-11-12-13-14-15-16-17-18-23(24-2,19-21-25)20-22-26;/h24-26H,3-22H2,1-2H3;1H. The van der Waals surface area contributed by atoms with Gasteiger partial charge in [0.2, 0.25) is 0 Å². The number of hydrogen-bond acceptors (Lipinski definition) is 3. The largest absolute Gasteiger partial charge is 0.396 e. The molecule has 0 aromatic carbocycles. The van der Waals surface area contributed by atoms with E-state index in [9.17, 15) is 10.2 Å². The van der Waals surface area contributed by atoms with E-state index in [0.717, 1.165) is 19.3 Å². The lowest BCUT2D eigenvalue weighted by atomic mass is 9.86. The Labute approximate surface area is 176 Å². The third-order valence-corrected chi connectivity index (χ3v) is 5.97. The highest BCUT2D eigenvalue weighted by molar-refractivity contribution is 5.85. The summed E-state index contributed by atoms with van der Waals surface area (Å²) < 4.78 is 0. The van der Waals surface area contributed by atoms with Crippen LogP contribution in [0.2, 0.25) is 0 Å². The lowest BCUT2D eigenvalue weighted by Gasteiger charge is -2.33. The summed E-state index contributed by atoms with van der Waals surface area (Å²) in [7, 11) is 1.95. The number of halogens is 1. The van der Waals surface area contributed by atoms with Gasteiger partial charge in [0.15, 0.2) is 0 Å². The van der Waals surface area contributed by atoms with E-state index in [4.69, 9.17) is 0 Å². The first-order valence-electron chi connectivity index (χ1n) is 11.7. The highest BCUT2D eigenvalue weighted by Crippen LogP contribution is 2.23. The van der Waals surface area contributed by atoms with Crippen molar-refractivity contribution in [3.05, 3.63) is 0 Å². The fourth-order valence-corrected chi connectivity index (χ4v) is 4.01. The smallest absolute Gasteiger partial charge is 0.0448 e. The van der Waals surface area contributed by atoms with Crippen molar-refractivity contribution >= 4 is 12.4 Å². The van der Waals surface area contributed by atoms with Crippen molar-refractivity contribution in [2.75, 3.05) is 20.3 Å². The number of unbranched alkanes of at least 4 members (excludes halogenated alkanes) is 14. The van der Waals surface area contributed by atoms with Gasteiger partial charge in [-0.3, -0.25) is 0 Å². The van der Waals surface area contributed by atoms with Crippen molar-refractivity contribution in [2.45, 2.75) is 128 Å². The maximum atomic E-state index is 9.26. The SMILES string of the molecule is CCCCCCCCCCCCCCCCCC(CCO)(CCO)NC.Cl. The number of aliphatic hydroxyl groups is 2. The van der Waals surface area contributed by atoms with Crippen LogP contribution in [-0.4, -0.2) is 36.0 Å². The molecule has 0 saturated heterocycles. The molecule has 0 aliphatic heterocycles. The molecule has 0 aromatic heterocycles. The van der Waals surface area contributed by atoms with Crippen LogP contribution in [0.1, 0.15) is 122 Å². The summed E-state index contributed by atoms with van der Waals surface area (Å²) in [6.45, 7) is 2.67. The Morgan fingerprint density at radius 3 is 1.19 bits per heavy atom. The van der Waals surface area contributed by atoms with Gasteiger partial charge in [0.25, 0.3) is 0 Å². The van der Waals surface area contributed by atoms with E-state index in [2.05, 4.69) is 12.2 Å². The predicted molar refractivity (Wildman–Crippen MR) is 122 cm³/mol. The van der Waals surface area contributed by atoms with Gasteiger partial charge in [-0.1, -0.05) is 103 Å². The van der Waals surface area contributed by atoms with Crippen LogP contribution in [0.3, 0.4) is 0 Å². The molecule has 3 nitrogen and oxygen atoms in total. The number of nitrogens with one attached hydrogen (secondary N) is 1. The van der Waals surface area contributed by atoms with E-state index >= 15 is 0 Å². The second-order valence-corrected chi connectivity index (χ2v) is 8.18. The lowest BCUT2D eigenvalue weighted by molar-refractivity contribution is 0.160. The Kier molecular flexibility index (Phi) is 24.4. The topological polar surface area (TPSA) is 52.5 Å². The Bertz CT molecular complexity index is 271. The molecule has 0 saturated carbocycles. The van der Waals surface area contributed by atoms with Crippen LogP contribution in [-0.2, 0) is 0 Å². The molecule has 0 bridgehead atoms. The molecule has 166 valence electrons. The minimum Gasteiger partial charge on any atom is -0.396 e. The van der Waals surface area contributed by atoms with Crippen molar-refractivity contribution < 1.29 is 10.2 Å². The summed E-state index contributed by atoms with van der Waals surface area (Å²) >= 11 is 0. The maximum absolute atomic E-state index is 9.26. The third-order valence-electron chi connectivity index (χ3n) is 5.97. The van der Waals surface area contributed by atoms with Crippen LogP contribution >= 0.6 is 12.4 Å². The molecule has 4 heteroatoms. The summed E-state index contributed by atoms with van der Waals surface area (Å²) in [5.41, 5.74) is -0.0694. The predicted octanol–water partition coefficient (Wildman–Crippen LogP) is 6.39. The molecule has 0 aromatic rings. The molecule has 0 amide bonds. The van der Waals surface area contributed by atoms with Crippen molar-refractivity contribution in [1.82, 2.24) is 5.32 Å². The summed E-state index contributed by atoms with van der Waals surface area (Å²) in [5.74, 6) is 0. The highest BCUT2D eigenvalue weighted by atomic mass is 35.5. The van der Waals surface area contributed by atoms with Crippen LogP contribution in [0.15, 0.2) is 0 Å². The zero-order valence-corrected chi connectivity index (χ0v) is 19.3. The molecule has 0 aliphatic rings. The number of rotatable bonds is 21. The maximum Gasteiger partial charge on any atom is 0.0448 e. The van der Waals surface area contributed by atoms with Gasteiger partial charge in [0.05, 0.1) is 0 Å². The zero-order chi connectivity index (χ0) is 19.3. The first-order valence-corrected chi connectivity index (χ1v) is 11.7. The van der Waals surface area contributed by atoms with Gasteiger partial charge in [-0.15, -0.1) is 12.4 Å². The highest BCUT2D eigenvalue weighted by Gasteiger charge is 2.26. The second kappa shape index (κ2) is 22.5. The molecule has 27 heavy (non-hydrogen) atoms.